The molecule has 1 saturated heterocycles. The fraction of sp³-hybridized carbons (Fsp3) is 0.682. The van der Waals surface area contributed by atoms with E-state index in [2.05, 4.69) is 87.1 Å². The van der Waals surface area contributed by atoms with E-state index in [0.717, 1.165) is 38.4 Å². The minimum atomic E-state index is -0.103. The first-order valence-electron chi connectivity index (χ1n) is 10.6. The number of anilines is 1. The number of hydrogen-bond donors (Lipinski definition) is 1. The largest absolute Gasteiger partial charge is 0.360 e. The van der Waals surface area contributed by atoms with Crippen LogP contribution in [-0.2, 0) is 5.54 Å². The van der Waals surface area contributed by atoms with Crippen LogP contribution in [0, 0.1) is 19.8 Å². The quantitative estimate of drug-likeness (QED) is 0.859. The molecule has 154 valence electrons. The lowest BCUT2D eigenvalue weighted by Crippen LogP contribution is -3.15. The third kappa shape index (κ3) is 4.37. The SMILES string of the molecule is Cc1cccc(N2CC[NH+]([C@@H](CC(C)C)c3nnnn3C(C)(C)C)CC2)c1C. The van der Waals surface area contributed by atoms with Gasteiger partial charge in [-0.1, -0.05) is 26.0 Å². The Balaban J connectivity index is 1.79. The third-order valence-corrected chi connectivity index (χ3v) is 5.96. The van der Waals surface area contributed by atoms with Gasteiger partial charge < -0.3 is 9.80 Å². The van der Waals surface area contributed by atoms with Gasteiger partial charge in [-0.3, -0.25) is 0 Å². The van der Waals surface area contributed by atoms with Crippen LogP contribution >= 0.6 is 0 Å². The molecule has 1 aromatic heterocycles. The standard InChI is InChI=1S/C22H36N6/c1-16(2)15-20(21-23-24-25-28(21)22(5,6)7)27-13-11-26(12-14-27)19-10-8-9-17(3)18(19)4/h8-10,16,20H,11-15H2,1-7H3/p+1/t20-/m0/s1. The number of aryl methyl sites for hydroxylation is 1. The normalized spacial score (nSPS) is 17.4. The van der Waals surface area contributed by atoms with Crippen molar-refractivity contribution in [3.63, 3.8) is 0 Å². The predicted octanol–water partition coefficient (Wildman–Crippen LogP) is 2.54. The minimum Gasteiger partial charge on any atom is -0.360 e. The lowest BCUT2D eigenvalue weighted by atomic mass is 9.99. The van der Waals surface area contributed by atoms with Crippen molar-refractivity contribution in [3.05, 3.63) is 35.2 Å². The highest BCUT2D eigenvalue weighted by atomic mass is 15.6. The Morgan fingerprint density at radius 2 is 1.79 bits per heavy atom. The van der Waals surface area contributed by atoms with Crippen LogP contribution in [-0.4, -0.2) is 46.4 Å². The van der Waals surface area contributed by atoms with Crippen molar-refractivity contribution in [3.8, 4) is 0 Å². The number of quaternary nitrogens is 1. The van der Waals surface area contributed by atoms with Crippen molar-refractivity contribution in [1.82, 2.24) is 20.2 Å². The Kier molecular flexibility index (Phi) is 6.08. The summed E-state index contributed by atoms with van der Waals surface area (Å²) in [6.07, 6.45) is 1.11. The van der Waals surface area contributed by atoms with E-state index < -0.39 is 0 Å². The number of benzene rings is 1. The van der Waals surface area contributed by atoms with Gasteiger partial charge in [-0.15, -0.1) is 5.10 Å². The third-order valence-electron chi connectivity index (χ3n) is 5.96. The zero-order chi connectivity index (χ0) is 20.5. The monoisotopic (exact) mass is 385 g/mol. The number of rotatable bonds is 5. The molecule has 2 heterocycles. The molecule has 1 aliphatic heterocycles. The molecule has 1 atom stereocenters. The maximum atomic E-state index is 4.48. The maximum absolute atomic E-state index is 4.48. The van der Waals surface area contributed by atoms with E-state index in [9.17, 15) is 0 Å². The molecule has 0 aliphatic carbocycles. The Hall–Kier alpha value is -1.95. The molecule has 6 nitrogen and oxygen atoms in total. The van der Waals surface area contributed by atoms with Crippen LogP contribution in [0.15, 0.2) is 18.2 Å². The van der Waals surface area contributed by atoms with Gasteiger partial charge in [0, 0.05) is 12.1 Å². The van der Waals surface area contributed by atoms with Gasteiger partial charge in [0.2, 0.25) is 5.82 Å². The number of tetrazole rings is 1. The Labute approximate surface area is 169 Å². The van der Waals surface area contributed by atoms with Crippen LogP contribution in [0.3, 0.4) is 0 Å². The first-order chi connectivity index (χ1) is 13.2. The summed E-state index contributed by atoms with van der Waals surface area (Å²) >= 11 is 0. The van der Waals surface area contributed by atoms with Gasteiger partial charge in [-0.05, 0) is 68.2 Å². The molecule has 2 aromatic rings. The highest BCUT2D eigenvalue weighted by Gasteiger charge is 2.35. The van der Waals surface area contributed by atoms with Gasteiger partial charge in [0.15, 0.2) is 6.04 Å². The lowest BCUT2D eigenvalue weighted by Gasteiger charge is -2.38. The zero-order valence-corrected chi connectivity index (χ0v) is 18.7. The van der Waals surface area contributed by atoms with Crippen molar-refractivity contribution in [1.29, 1.82) is 0 Å². The molecule has 0 saturated carbocycles. The number of nitrogens with zero attached hydrogens (tertiary/aromatic N) is 5. The smallest absolute Gasteiger partial charge is 0.209 e. The summed E-state index contributed by atoms with van der Waals surface area (Å²) in [4.78, 5) is 4.15. The van der Waals surface area contributed by atoms with Gasteiger partial charge in [-0.25, -0.2) is 4.68 Å². The molecule has 0 amide bonds. The van der Waals surface area contributed by atoms with Crippen LogP contribution in [0.4, 0.5) is 5.69 Å². The fourth-order valence-electron chi connectivity index (χ4n) is 4.28. The fourth-order valence-corrected chi connectivity index (χ4v) is 4.28. The summed E-state index contributed by atoms with van der Waals surface area (Å²) in [7, 11) is 0. The van der Waals surface area contributed by atoms with Crippen LogP contribution in [0.25, 0.3) is 0 Å². The molecule has 3 rings (SSSR count). The molecule has 1 aromatic carbocycles. The summed E-state index contributed by atoms with van der Waals surface area (Å²) in [5.41, 5.74) is 4.06. The second-order valence-electron chi connectivity index (χ2n) is 9.67. The van der Waals surface area contributed by atoms with Gasteiger partial charge in [0.1, 0.15) is 0 Å². The second kappa shape index (κ2) is 8.19. The van der Waals surface area contributed by atoms with Crippen LogP contribution in [0.2, 0.25) is 0 Å². The molecule has 0 radical (unpaired) electrons. The molecule has 6 heteroatoms. The van der Waals surface area contributed by atoms with E-state index >= 15 is 0 Å². The molecule has 1 N–H and O–H groups in total. The molecule has 1 fully saturated rings. The summed E-state index contributed by atoms with van der Waals surface area (Å²) in [6.45, 7) is 19.9. The predicted molar refractivity (Wildman–Crippen MR) is 114 cm³/mol. The van der Waals surface area contributed by atoms with E-state index in [4.69, 9.17) is 0 Å². The summed E-state index contributed by atoms with van der Waals surface area (Å²) in [5, 5.41) is 12.8. The van der Waals surface area contributed by atoms with Crippen LogP contribution in [0.5, 0.6) is 0 Å². The number of piperazine rings is 1. The molecule has 0 spiro atoms. The first-order valence-corrected chi connectivity index (χ1v) is 10.6. The van der Waals surface area contributed by atoms with Crippen molar-refractivity contribution in [2.45, 2.75) is 66.5 Å². The summed E-state index contributed by atoms with van der Waals surface area (Å²) < 4.78 is 2.03. The van der Waals surface area contributed by atoms with Crippen molar-refractivity contribution < 1.29 is 4.90 Å². The van der Waals surface area contributed by atoms with Crippen molar-refractivity contribution >= 4 is 5.69 Å². The van der Waals surface area contributed by atoms with Crippen LogP contribution < -0.4 is 9.80 Å². The van der Waals surface area contributed by atoms with Gasteiger partial charge in [0.25, 0.3) is 0 Å². The average Bonchev–Trinajstić information content (AvgIpc) is 3.12. The highest BCUT2D eigenvalue weighted by molar-refractivity contribution is 5.56. The Morgan fingerprint density at radius 1 is 1.11 bits per heavy atom. The van der Waals surface area contributed by atoms with E-state index in [0.29, 0.717) is 12.0 Å². The Morgan fingerprint density at radius 3 is 2.39 bits per heavy atom. The Bertz CT molecular complexity index is 781. The number of nitrogens with one attached hydrogen (secondary N) is 1. The molecule has 1 aliphatic rings. The highest BCUT2D eigenvalue weighted by Crippen LogP contribution is 2.24. The van der Waals surface area contributed by atoms with E-state index in [1.54, 1.807) is 4.90 Å². The lowest BCUT2D eigenvalue weighted by molar-refractivity contribution is -0.934. The maximum Gasteiger partial charge on any atom is 0.209 e. The average molecular weight is 386 g/mol. The molecular formula is C22H37N6+. The number of aromatic nitrogens is 4. The van der Waals surface area contributed by atoms with Crippen molar-refractivity contribution in [2.75, 3.05) is 31.1 Å². The molecule has 28 heavy (non-hydrogen) atoms. The first kappa shape index (κ1) is 20.8. The van der Waals surface area contributed by atoms with Gasteiger partial charge >= 0.3 is 0 Å². The van der Waals surface area contributed by atoms with Gasteiger partial charge in [-0.2, -0.15) is 0 Å². The van der Waals surface area contributed by atoms with Crippen LogP contribution in [0.1, 0.15) is 64.0 Å². The molecule has 0 bridgehead atoms. The van der Waals surface area contributed by atoms with E-state index in [1.807, 2.05) is 4.68 Å². The van der Waals surface area contributed by atoms with Gasteiger partial charge in [0.05, 0.1) is 31.7 Å². The summed E-state index contributed by atoms with van der Waals surface area (Å²) in [6, 6.07) is 6.98. The topological polar surface area (TPSA) is 51.3 Å². The molecular weight excluding hydrogens is 348 g/mol. The zero-order valence-electron chi connectivity index (χ0n) is 18.7. The van der Waals surface area contributed by atoms with E-state index in [-0.39, 0.29) is 5.54 Å². The summed E-state index contributed by atoms with van der Waals surface area (Å²) in [5.74, 6) is 1.65. The van der Waals surface area contributed by atoms with Crippen molar-refractivity contribution in [2.24, 2.45) is 5.92 Å². The van der Waals surface area contributed by atoms with E-state index in [1.165, 1.54) is 16.8 Å². The number of hydrogen-bond acceptors (Lipinski definition) is 4. The molecule has 0 unspecified atom stereocenters. The second-order valence-corrected chi connectivity index (χ2v) is 9.67. The minimum absolute atomic E-state index is 0.103.